The molecule has 10 heteroatoms. The van der Waals surface area contributed by atoms with Crippen LogP contribution >= 0.6 is 23.1 Å². The van der Waals surface area contributed by atoms with E-state index in [0.29, 0.717) is 21.2 Å². The van der Waals surface area contributed by atoms with E-state index in [1.165, 1.54) is 39.8 Å². The summed E-state index contributed by atoms with van der Waals surface area (Å²) in [4.78, 5) is 25.7. The van der Waals surface area contributed by atoms with Gasteiger partial charge in [0.25, 0.3) is 5.56 Å². The molecule has 5 rings (SSSR count). The Bertz CT molecular complexity index is 1560. The van der Waals surface area contributed by atoms with Gasteiger partial charge in [-0.05, 0) is 53.3 Å². The molecule has 2 aromatic carbocycles. The van der Waals surface area contributed by atoms with Gasteiger partial charge in [-0.25, -0.2) is 4.39 Å². The molecular weight excluding hydrogens is 473 g/mol. The van der Waals surface area contributed by atoms with Gasteiger partial charge in [0, 0.05) is 5.69 Å². The molecule has 0 unspecified atom stereocenters. The maximum absolute atomic E-state index is 13.3. The maximum Gasteiger partial charge on any atom is 0.273 e. The van der Waals surface area contributed by atoms with Gasteiger partial charge >= 0.3 is 0 Å². The molecular formula is C24H20FN5O2S2. The lowest BCUT2D eigenvalue weighted by Crippen LogP contribution is -2.23. The van der Waals surface area contributed by atoms with Crippen molar-refractivity contribution >= 4 is 50.7 Å². The molecule has 0 aliphatic rings. The number of amides is 1. The second kappa shape index (κ2) is 9.40. The third-order valence-electron chi connectivity index (χ3n) is 5.39. The molecule has 5 aromatic rings. The molecule has 3 aromatic heterocycles. The molecule has 0 spiro atoms. The van der Waals surface area contributed by atoms with Crippen molar-refractivity contribution in [3.8, 4) is 0 Å². The average Bonchev–Trinajstić information content (AvgIpc) is 3.49. The molecule has 172 valence electrons. The highest BCUT2D eigenvalue weighted by atomic mass is 32.2. The van der Waals surface area contributed by atoms with Gasteiger partial charge in [-0.1, -0.05) is 43.0 Å². The van der Waals surface area contributed by atoms with Crippen molar-refractivity contribution < 1.29 is 9.18 Å². The van der Waals surface area contributed by atoms with Crippen LogP contribution in [-0.2, 0) is 17.8 Å². The zero-order valence-electron chi connectivity index (χ0n) is 18.2. The van der Waals surface area contributed by atoms with Gasteiger partial charge in [-0.2, -0.15) is 0 Å². The minimum Gasteiger partial charge on any atom is -0.325 e. The van der Waals surface area contributed by atoms with Crippen molar-refractivity contribution in [3.63, 3.8) is 0 Å². The summed E-state index contributed by atoms with van der Waals surface area (Å²) in [5.74, 6) is 0.0191. The Morgan fingerprint density at radius 2 is 1.94 bits per heavy atom. The first-order chi connectivity index (χ1) is 16.5. The molecule has 34 heavy (non-hydrogen) atoms. The van der Waals surface area contributed by atoms with Gasteiger partial charge in [-0.3, -0.25) is 18.6 Å². The fraction of sp³-hybridized carbons (Fsp3) is 0.167. The molecule has 0 aliphatic carbocycles. The molecule has 0 bridgehead atoms. The number of fused-ring (bicyclic) bond motifs is 3. The van der Waals surface area contributed by atoms with Crippen LogP contribution in [0, 0.1) is 5.82 Å². The lowest BCUT2D eigenvalue weighted by atomic mass is 10.1. The highest BCUT2D eigenvalue weighted by Crippen LogP contribution is 2.25. The summed E-state index contributed by atoms with van der Waals surface area (Å²) in [5, 5.41) is 13.8. The monoisotopic (exact) mass is 493 g/mol. The van der Waals surface area contributed by atoms with E-state index in [0.717, 1.165) is 23.2 Å². The fourth-order valence-electron chi connectivity index (χ4n) is 3.70. The number of thioether (sulfide) groups is 1. The third-order valence-corrected chi connectivity index (χ3v) is 7.21. The maximum atomic E-state index is 13.3. The number of anilines is 1. The lowest BCUT2D eigenvalue weighted by molar-refractivity contribution is -0.113. The lowest BCUT2D eigenvalue weighted by Gasteiger charge is -2.10. The Kier molecular flexibility index (Phi) is 6.16. The zero-order chi connectivity index (χ0) is 23.7. The summed E-state index contributed by atoms with van der Waals surface area (Å²) in [6.07, 6.45) is 0.889. The van der Waals surface area contributed by atoms with Crippen LogP contribution in [0.2, 0.25) is 0 Å². The quantitative estimate of drug-likeness (QED) is 0.336. The Labute approximate surface area is 202 Å². The highest BCUT2D eigenvalue weighted by Gasteiger charge is 2.19. The number of hydrogen-bond acceptors (Lipinski definition) is 6. The molecule has 0 radical (unpaired) electrons. The minimum absolute atomic E-state index is 0.139. The number of carbonyl (C=O) groups is 1. The summed E-state index contributed by atoms with van der Waals surface area (Å²) in [7, 11) is 0. The predicted octanol–water partition coefficient (Wildman–Crippen LogP) is 4.59. The summed E-state index contributed by atoms with van der Waals surface area (Å²) >= 11 is 2.59. The van der Waals surface area contributed by atoms with Crippen molar-refractivity contribution in [1.29, 1.82) is 0 Å². The molecule has 7 nitrogen and oxygen atoms in total. The topological polar surface area (TPSA) is 81.3 Å². The number of halogens is 1. The molecule has 0 saturated heterocycles. The van der Waals surface area contributed by atoms with Crippen LogP contribution in [0.25, 0.3) is 16.0 Å². The Hall–Kier alpha value is -3.50. The minimum atomic E-state index is -0.337. The zero-order valence-corrected chi connectivity index (χ0v) is 19.8. The highest BCUT2D eigenvalue weighted by molar-refractivity contribution is 7.99. The van der Waals surface area contributed by atoms with Crippen LogP contribution in [0.5, 0.6) is 0 Å². The van der Waals surface area contributed by atoms with Crippen LogP contribution in [0.1, 0.15) is 18.1 Å². The molecule has 0 aliphatic heterocycles. The van der Waals surface area contributed by atoms with E-state index in [4.69, 9.17) is 0 Å². The molecule has 1 N–H and O–H groups in total. The standard InChI is InChI=1S/C24H20FN5O2S2/c1-2-15-4-3-5-18(12-15)26-20(31)14-34-24-28-27-23-29(13-16-6-8-17(25)9-7-16)22(32)21-19(30(23)24)10-11-33-21/h3-12H,2,13-14H2,1H3,(H,26,31). The summed E-state index contributed by atoms with van der Waals surface area (Å²) < 4.78 is 17.2. The van der Waals surface area contributed by atoms with Gasteiger partial charge in [-0.15, -0.1) is 21.5 Å². The first-order valence-electron chi connectivity index (χ1n) is 10.6. The Morgan fingerprint density at radius 1 is 1.12 bits per heavy atom. The van der Waals surface area contributed by atoms with Gasteiger partial charge < -0.3 is 5.32 Å². The second-order valence-corrected chi connectivity index (χ2v) is 9.52. The van der Waals surface area contributed by atoms with Gasteiger partial charge in [0.15, 0.2) is 5.16 Å². The van der Waals surface area contributed by atoms with Crippen molar-refractivity contribution in [2.45, 2.75) is 25.0 Å². The molecule has 3 heterocycles. The number of rotatable bonds is 7. The van der Waals surface area contributed by atoms with E-state index >= 15 is 0 Å². The number of nitrogens with zero attached hydrogens (tertiary/aromatic N) is 4. The van der Waals surface area contributed by atoms with E-state index in [1.54, 1.807) is 16.5 Å². The Morgan fingerprint density at radius 3 is 2.74 bits per heavy atom. The van der Waals surface area contributed by atoms with Gasteiger partial charge in [0.05, 0.1) is 17.8 Å². The average molecular weight is 494 g/mol. The molecule has 0 saturated carbocycles. The Balaban J connectivity index is 1.44. The summed E-state index contributed by atoms with van der Waals surface area (Å²) in [6.45, 7) is 2.29. The van der Waals surface area contributed by atoms with Gasteiger partial charge in [0.1, 0.15) is 10.5 Å². The van der Waals surface area contributed by atoms with E-state index in [9.17, 15) is 14.0 Å². The number of nitrogens with one attached hydrogen (secondary N) is 1. The molecule has 0 atom stereocenters. The first kappa shape index (κ1) is 22.3. The number of thiophene rings is 1. The summed E-state index contributed by atoms with van der Waals surface area (Å²) in [6, 6.07) is 15.6. The predicted molar refractivity (Wildman–Crippen MR) is 133 cm³/mol. The van der Waals surface area contributed by atoms with Crippen molar-refractivity contribution in [2.75, 3.05) is 11.1 Å². The van der Waals surface area contributed by atoms with Crippen LogP contribution in [0.15, 0.2) is 69.9 Å². The second-order valence-electron chi connectivity index (χ2n) is 7.66. The van der Waals surface area contributed by atoms with E-state index < -0.39 is 0 Å². The van der Waals surface area contributed by atoms with Crippen molar-refractivity contribution in [2.24, 2.45) is 0 Å². The van der Waals surface area contributed by atoms with E-state index in [2.05, 4.69) is 22.4 Å². The van der Waals surface area contributed by atoms with Crippen molar-refractivity contribution in [3.05, 3.63) is 87.3 Å². The normalized spacial score (nSPS) is 11.4. The van der Waals surface area contributed by atoms with Crippen LogP contribution in [-0.4, -0.2) is 30.8 Å². The van der Waals surface area contributed by atoms with Crippen LogP contribution < -0.4 is 10.9 Å². The number of hydrogen-bond donors (Lipinski definition) is 1. The van der Waals surface area contributed by atoms with Crippen LogP contribution in [0.3, 0.4) is 0 Å². The van der Waals surface area contributed by atoms with Crippen molar-refractivity contribution in [1.82, 2.24) is 19.2 Å². The largest absolute Gasteiger partial charge is 0.325 e. The first-order valence-corrected chi connectivity index (χ1v) is 12.5. The molecule has 1 amide bonds. The number of benzene rings is 2. The number of carbonyl (C=O) groups excluding carboxylic acids is 1. The van der Waals surface area contributed by atoms with Gasteiger partial charge in [0.2, 0.25) is 11.7 Å². The third kappa shape index (κ3) is 4.34. The molecule has 0 fully saturated rings. The smallest absolute Gasteiger partial charge is 0.273 e. The number of aryl methyl sites for hydroxylation is 1. The van der Waals surface area contributed by atoms with E-state index in [1.807, 2.05) is 35.7 Å². The fourth-order valence-corrected chi connectivity index (χ4v) is 5.27. The summed E-state index contributed by atoms with van der Waals surface area (Å²) in [5.41, 5.74) is 3.19. The van der Waals surface area contributed by atoms with Crippen LogP contribution in [0.4, 0.5) is 10.1 Å². The number of aromatic nitrogens is 4. The SMILES string of the molecule is CCc1cccc(NC(=O)CSc2nnc3n(Cc4ccc(F)cc4)c(=O)c4sccc4n23)c1. The van der Waals surface area contributed by atoms with E-state index in [-0.39, 0.29) is 29.6 Å².